The Balaban J connectivity index is 3.42. The van der Waals surface area contributed by atoms with Crippen LogP contribution in [0.15, 0.2) is 48.6 Å². The van der Waals surface area contributed by atoms with Gasteiger partial charge in [-0.25, -0.2) is 0 Å². The molecule has 0 bridgehead atoms. The highest BCUT2D eigenvalue weighted by Crippen LogP contribution is 2.17. The van der Waals surface area contributed by atoms with Gasteiger partial charge in [-0.05, 0) is 89.9 Å². The molecule has 446 valence electrons. The van der Waals surface area contributed by atoms with Crippen molar-refractivity contribution >= 4 is 11.9 Å². The number of hydrogen-bond donors (Lipinski definition) is 3. The Morgan fingerprint density at radius 3 is 1.03 bits per heavy atom. The van der Waals surface area contributed by atoms with Gasteiger partial charge in [0.1, 0.15) is 0 Å². The second-order valence-electron chi connectivity index (χ2n) is 23.1. The van der Waals surface area contributed by atoms with Crippen LogP contribution in [-0.2, 0) is 14.3 Å². The van der Waals surface area contributed by atoms with Gasteiger partial charge in [-0.1, -0.05) is 306 Å². The fraction of sp³-hybridized carbons (Fsp3) is 0.857. The van der Waals surface area contributed by atoms with E-state index in [-0.39, 0.29) is 18.5 Å². The molecular formula is C70H131NO5. The fourth-order valence-electron chi connectivity index (χ4n) is 10.4. The average Bonchev–Trinajstić information content (AvgIpc) is 3.42. The number of nitrogens with one attached hydrogen (secondary N) is 1. The van der Waals surface area contributed by atoms with Crippen molar-refractivity contribution in [2.24, 2.45) is 0 Å². The van der Waals surface area contributed by atoms with Crippen molar-refractivity contribution in [1.82, 2.24) is 5.32 Å². The molecule has 0 fully saturated rings. The molecule has 0 rings (SSSR count). The molecule has 0 aliphatic rings. The second-order valence-corrected chi connectivity index (χ2v) is 23.1. The van der Waals surface area contributed by atoms with Crippen LogP contribution in [-0.4, -0.2) is 47.4 Å². The van der Waals surface area contributed by atoms with Crippen LogP contribution in [0.2, 0.25) is 0 Å². The van der Waals surface area contributed by atoms with Crippen LogP contribution >= 0.6 is 0 Å². The molecule has 0 saturated carbocycles. The predicted molar refractivity (Wildman–Crippen MR) is 333 cm³/mol. The summed E-state index contributed by atoms with van der Waals surface area (Å²) in [5.41, 5.74) is 0. The van der Waals surface area contributed by atoms with E-state index in [1.54, 1.807) is 6.08 Å². The Hall–Kier alpha value is -2.18. The zero-order chi connectivity index (χ0) is 55.0. The number of amides is 1. The summed E-state index contributed by atoms with van der Waals surface area (Å²) >= 11 is 0. The van der Waals surface area contributed by atoms with E-state index in [1.165, 1.54) is 283 Å². The van der Waals surface area contributed by atoms with Gasteiger partial charge in [0.25, 0.3) is 0 Å². The summed E-state index contributed by atoms with van der Waals surface area (Å²) in [6.45, 7) is 4.90. The first-order valence-corrected chi connectivity index (χ1v) is 33.9. The number of ether oxygens (including phenoxy) is 1. The molecule has 1 amide bonds. The smallest absolute Gasteiger partial charge is 0.305 e. The van der Waals surface area contributed by atoms with Gasteiger partial charge in [-0.3, -0.25) is 9.59 Å². The van der Waals surface area contributed by atoms with Crippen LogP contribution in [0.3, 0.4) is 0 Å². The number of aliphatic hydroxyl groups is 2. The molecule has 0 aromatic rings. The lowest BCUT2D eigenvalue weighted by Crippen LogP contribution is -2.45. The predicted octanol–water partition coefficient (Wildman–Crippen LogP) is 21.7. The molecule has 0 aromatic carbocycles. The summed E-state index contributed by atoms with van der Waals surface area (Å²) in [7, 11) is 0. The first-order valence-electron chi connectivity index (χ1n) is 33.9. The Bertz CT molecular complexity index is 1270. The lowest BCUT2D eigenvalue weighted by Gasteiger charge is -2.20. The quantitative estimate of drug-likeness (QED) is 0.0320. The molecule has 0 aliphatic heterocycles. The highest BCUT2D eigenvalue weighted by Gasteiger charge is 2.18. The van der Waals surface area contributed by atoms with E-state index in [0.29, 0.717) is 19.4 Å². The van der Waals surface area contributed by atoms with Gasteiger partial charge in [-0.2, -0.15) is 0 Å². The van der Waals surface area contributed by atoms with Crippen LogP contribution in [0, 0.1) is 0 Å². The van der Waals surface area contributed by atoms with E-state index in [0.717, 1.165) is 51.4 Å². The van der Waals surface area contributed by atoms with Crippen LogP contribution in [0.4, 0.5) is 0 Å². The number of rotatable bonds is 63. The maximum Gasteiger partial charge on any atom is 0.305 e. The highest BCUT2D eigenvalue weighted by molar-refractivity contribution is 5.76. The van der Waals surface area contributed by atoms with Gasteiger partial charge in [-0.15, -0.1) is 0 Å². The molecule has 0 spiro atoms. The van der Waals surface area contributed by atoms with E-state index < -0.39 is 12.1 Å². The molecule has 76 heavy (non-hydrogen) atoms. The van der Waals surface area contributed by atoms with Gasteiger partial charge in [0.2, 0.25) is 5.91 Å². The standard InChI is InChI=1S/C70H131NO5/c1-3-5-7-9-11-13-15-17-19-31-34-38-42-46-50-54-58-62-68(73)67(66-72)71-69(74)63-59-55-51-47-43-39-35-32-29-27-25-23-21-22-24-26-28-30-33-37-41-45-49-53-57-61-65-76-70(75)64-60-56-52-48-44-40-36-20-18-16-14-12-10-8-6-4-2/h14,16,20-21,23,36,58,62,67-68,72-73H,3-13,15,17-19,22,24-35,37-57,59-61,63-66H2,1-2H3,(H,71,74)/b16-14-,23-21-,36-20-,62-58+. The normalized spacial score (nSPS) is 12.8. The van der Waals surface area contributed by atoms with Gasteiger partial charge < -0.3 is 20.3 Å². The minimum atomic E-state index is -0.847. The van der Waals surface area contributed by atoms with E-state index in [9.17, 15) is 19.8 Å². The molecule has 0 aliphatic carbocycles. The first kappa shape index (κ1) is 73.8. The molecule has 2 unspecified atom stereocenters. The van der Waals surface area contributed by atoms with Crippen LogP contribution < -0.4 is 5.32 Å². The SMILES string of the molecule is CCCCCC/C=C\C/C=C\CCCCCCCC(=O)OCCCCCCCCCCCCCC/C=C\CCCCCCCCCCCCC(=O)NC(CO)C(O)/C=C/CCCCCCCCCCCCCCCCC. The Morgan fingerprint density at radius 1 is 0.368 bits per heavy atom. The summed E-state index contributed by atoms with van der Waals surface area (Å²) in [6, 6.07) is -0.630. The van der Waals surface area contributed by atoms with Crippen molar-refractivity contribution < 1.29 is 24.5 Å². The number of aliphatic hydroxyl groups excluding tert-OH is 2. The molecular weight excluding hydrogens is 935 g/mol. The maximum atomic E-state index is 12.5. The number of unbranched alkanes of at least 4 members (excludes halogenated alkanes) is 46. The van der Waals surface area contributed by atoms with Crippen molar-refractivity contribution in [3.8, 4) is 0 Å². The number of carbonyl (C=O) groups excluding carboxylic acids is 2. The molecule has 3 N–H and O–H groups in total. The minimum absolute atomic E-state index is 0.000425. The number of esters is 1. The van der Waals surface area contributed by atoms with Crippen molar-refractivity contribution in [3.63, 3.8) is 0 Å². The summed E-state index contributed by atoms with van der Waals surface area (Å²) in [6.07, 6.45) is 84.6. The van der Waals surface area contributed by atoms with Crippen LogP contribution in [0.25, 0.3) is 0 Å². The average molecular weight is 1070 g/mol. The summed E-state index contributed by atoms with van der Waals surface area (Å²) in [5.74, 6) is -0.0677. The molecule has 0 saturated heterocycles. The Labute approximate surface area is 474 Å². The number of hydrogen-bond acceptors (Lipinski definition) is 5. The largest absolute Gasteiger partial charge is 0.466 e. The fourth-order valence-corrected chi connectivity index (χ4v) is 10.4. The van der Waals surface area contributed by atoms with Crippen LogP contribution in [0.5, 0.6) is 0 Å². The van der Waals surface area contributed by atoms with Crippen molar-refractivity contribution in [2.45, 2.75) is 373 Å². The summed E-state index contributed by atoms with van der Waals surface area (Å²) < 4.78 is 5.49. The molecule has 2 atom stereocenters. The van der Waals surface area contributed by atoms with Crippen molar-refractivity contribution in [3.05, 3.63) is 48.6 Å². The zero-order valence-corrected chi connectivity index (χ0v) is 51.0. The number of carbonyl (C=O) groups is 2. The molecule has 6 nitrogen and oxygen atoms in total. The third kappa shape index (κ3) is 61.0. The van der Waals surface area contributed by atoms with E-state index >= 15 is 0 Å². The van der Waals surface area contributed by atoms with Crippen molar-refractivity contribution in [2.75, 3.05) is 13.2 Å². The topological polar surface area (TPSA) is 95.9 Å². The van der Waals surface area contributed by atoms with Gasteiger partial charge in [0, 0.05) is 12.8 Å². The molecule has 0 aromatic heterocycles. The molecule has 0 heterocycles. The summed E-state index contributed by atoms with van der Waals surface area (Å²) in [5, 5.41) is 23.2. The summed E-state index contributed by atoms with van der Waals surface area (Å²) in [4.78, 5) is 24.6. The minimum Gasteiger partial charge on any atom is -0.466 e. The number of allylic oxidation sites excluding steroid dienone is 7. The second kappa shape index (κ2) is 65.3. The Kier molecular flexibility index (Phi) is 63.5. The van der Waals surface area contributed by atoms with Crippen LogP contribution in [0.1, 0.15) is 361 Å². The van der Waals surface area contributed by atoms with Gasteiger partial charge in [0.15, 0.2) is 0 Å². The lowest BCUT2D eigenvalue weighted by atomic mass is 10.0. The van der Waals surface area contributed by atoms with E-state index in [4.69, 9.17) is 4.74 Å². The highest BCUT2D eigenvalue weighted by atomic mass is 16.5. The van der Waals surface area contributed by atoms with E-state index in [2.05, 4.69) is 55.6 Å². The monoisotopic (exact) mass is 1070 g/mol. The first-order chi connectivity index (χ1) is 37.5. The van der Waals surface area contributed by atoms with Gasteiger partial charge in [0.05, 0.1) is 25.4 Å². The zero-order valence-electron chi connectivity index (χ0n) is 51.0. The molecule has 0 radical (unpaired) electrons. The maximum absolute atomic E-state index is 12.5. The van der Waals surface area contributed by atoms with E-state index in [1.807, 2.05) is 6.08 Å². The lowest BCUT2D eigenvalue weighted by molar-refractivity contribution is -0.143. The third-order valence-corrected chi connectivity index (χ3v) is 15.6. The third-order valence-electron chi connectivity index (χ3n) is 15.6. The van der Waals surface area contributed by atoms with Gasteiger partial charge >= 0.3 is 5.97 Å². The van der Waals surface area contributed by atoms with Crippen molar-refractivity contribution in [1.29, 1.82) is 0 Å². The molecule has 6 heteroatoms. The Morgan fingerprint density at radius 2 is 0.658 bits per heavy atom.